The lowest BCUT2D eigenvalue weighted by molar-refractivity contribution is 0.925. The largest absolute Gasteiger partial charge is 0.134 e. The van der Waals surface area contributed by atoms with Gasteiger partial charge in [0, 0.05) is 0 Å². The normalized spacial score (nSPS) is 19.9. The van der Waals surface area contributed by atoms with Crippen molar-refractivity contribution in [2.75, 3.05) is 6.26 Å². The lowest BCUT2D eigenvalue weighted by Crippen LogP contribution is -1.62. The maximum atomic E-state index is 2.34. The van der Waals surface area contributed by atoms with Crippen molar-refractivity contribution < 1.29 is 0 Å². The van der Waals surface area contributed by atoms with Crippen LogP contribution >= 0.6 is 11.8 Å². The van der Waals surface area contributed by atoms with E-state index in [9.17, 15) is 0 Å². The first kappa shape index (κ1) is 5.23. The molecule has 0 unspecified atom stereocenters. The van der Waals surface area contributed by atoms with Crippen molar-refractivity contribution >= 4 is 11.8 Å². The summed E-state index contributed by atoms with van der Waals surface area (Å²) >= 11 is 1.89. The van der Waals surface area contributed by atoms with Crippen molar-refractivity contribution in [1.29, 1.82) is 0 Å². The van der Waals surface area contributed by atoms with E-state index in [0.717, 1.165) is 0 Å². The molecule has 0 bridgehead atoms. The van der Waals surface area contributed by atoms with E-state index < -0.39 is 0 Å². The minimum Gasteiger partial charge on any atom is -0.134 e. The third kappa shape index (κ3) is 1.23. The maximum Gasteiger partial charge on any atom is -0.0140 e. The lowest BCUT2D eigenvalue weighted by Gasteiger charge is -1.88. The Labute approximate surface area is 49.0 Å². The molecule has 0 saturated heterocycles. The average Bonchev–Trinajstić information content (AvgIpc) is 2.14. The monoisotopic (exact) mass is 114 g/mol. The second-order valence-corrected chi connectivity index (χ2v) is 2.70. The van der Waals surface area contributed by atoms with E-state index in [1.165, 1.54) is 19.3 Å². The van der Waals surface area contributed by atoms with Crippen LogP contribution in [0.25, 0.3) is 0 Å². The summed E-state index contributed by atoms with van der Waals surface area (Å²) in [5.41, 5.74) is 0. The van der Waals surface area contributed by atoms with E-state index >= 15 is 0 Å². The number of hydrogen-bond donors (Lipinski definition) is 0. The molecule has 0 aromatic rings. The van der Waals surface area contributed by atoms with Gasteiger partial charge in [-0.1, -0.05) is 6.08 Å². The molecule has 7 heavy (non-hydrogen) atoms. The Morgan fingerprint density at radius 3 is 2.86 bits per heavy atom. The third-order valence-corrected chi connectivity index (χ3v) is 2.16. The molecule has 1 aliphatic rings. The minimum absolute atomic E-state index is 1.32. The summed E-state index contributed by atoms with van der Waals surface area (Å²) in [7, 11) is 0. The molecule has 1 heteroatoms. The summed E-state index contributed by atoms with van der Waals surface area (Å²) < 4.78 is 0. The summed E-state index contributed by atoms with van der Waals surface area (Å²) in [6.07, 6.45) is 8.52. The van der Waals surface area contributed by atoms with Crippen molar-refractivity contribution in [2.45, 2.75) is 19.3 Å². The summed E-state index contributed by atoms with van der Waals surface area (Å²) in [5.74, 6) is 0. The van der Waals surface area contributed by atoms with Gasteiger partial charge in [0.15, 0.2) is 0 Å². The van der Waals surface area contributed by atoms with Crippen LogP contribution in [0.1, 0.15) is 19.3 Å². The second-order valence-electron chi connectivity index (χ2n) is 1.77. The zero-order chi connectivity index (χ0) is 5.11. The Morgan fingerprint density at radius 2 is 2.57 bits per heavy atom. The molecule has 0 aliphatic heterocycles. The van der Waals surface area contributed by atoms with Crippen molar-refractivity contribution in [3.8, 4) is 0 Å². The second kappa shape index (κ2) is 2.41. The molecule has 0 amide bonds. The van der Waals surface area contributed by atoms with Crippen molar-refractivity contribution in [3.05, 3.63) is 11.0 Å². The van der Waals surface area contributed by atoms with E-state index in [4.69, 9.17) is 0 Å². The van der Waals surface area contributed by atoms with Gasteiger partial charge in [-0.2, -0.15) is 0 Å². The average molecular weight is 114 g/mol. The Kier molecular flexibility index (Phi) is 1.80. The van der Waals surface area contributed by atoms with E-state index in [1.807, 2.05) is 11.8 Å². The number of hydrogen-bond acceptors (Lipinski definition) is 1. The van der Waals surface area contributed by atoms with Gasteiger partial charge in [-0.15, -0.1) is 11.8 Å². The molecule has 0 N–H and O–H groups in total. The van der Waals surface area contributed by atoms with Crippen molar-refractivity contribution in [3.63, 3.8) is 0 Å². The van der Waals surface area contributed by atoms with Crippen LogP contribution in [0, 0.1) is 0 Å². The highest BCUT2D eigenvalue weighted by atomic mass is 32.2. The topological polar surface area (TPSA) is 0 Å². The molecule has 0 spiro atoms. The maximum absolute atomic E-state index is 2.34. The first-order valence-electron chi connectivity index (χ1n) is 2.66. The smallest absolute Gasteiger partial charge is 0.0140 e. The molecule has 0 fully saturated rings. The molecule has 0 radical (unpaired) electrons. The van der Waals surface area contributed by atoms with Gasteiger partial charge in [-0.05, 0) is 30.4 Å². The summed E-state index contributed by atoms with van der Waals surface area (Å²) in [4.78, 5) is 1.58. The predicted octanol–water partition coefficient (Wildman–Crippen LogP) is 2.42. The van der Waals surface area contributed by atoms with Gasteiger partial charge in [0.25, 0.3) is 0 Å². The number of allylic oxidation sites excluding steroid dienone is 2. The quantitative estimate of drug-likeness (QED) is 0.504. The van der Waals surface area contributed by atoms with Gasteiger partial charge in [0.2, 0.25) is 0 Å². The SMILES string of the molecule is CSC1=CCCC1. The molecule has 1 rings (SSSR count). The number of thioether (sulfide) groups is 1. The summed E-state index contributed by atoms with van der Waals surface area (Å²) in [6, 6.07) is 0. The Bertz CT molecular complexity index is 84.2. The Balaban J connectivity index is 2.36. The standard InChI is InChI=1S/C6H10S/c1-7-6-4-2-3-5-6/h4H,2-3,5H2,1H3. The Hall–Kier alpha value is 0.0900. The Morgan fingerprint density at radius 1 is 1.71 bits per heavy atom. The van der Waals surface area contributed by atoms with Gasteiger partial charge in [-0.25, -0.2) is 0 Å². The molecule has 0 nitrogen and oxygen atoms in total. The van der Waals surface area contributed by atoms with Crippen LogP contribution in [-0.4, -0.2) is 6.26 Å². The third-order valence-electron chi connectivity index (χ3n) is 1.26. The molecule has 0 aromatic carbocycles. The minimum atomic E-state index is 1.32. The first-order valence-corrected chi connectivity index (χ1v) is 3.89. The van der Waals surface area contributed by atoms with Gasteiger partial charge < -0.3 is 0 Å². The lowest BCUT2D eigenvalue weighted by atomic mass is 10.4. The van der Waals surface area contributed by atoms with Crippen LogP contribution in [0.5, 0.6) is 0 Å². The fourth-order valence-electron chi connectivity index (χ4n) is 0.827. The molecule has 1 aliphatic carbocycles. The summed E-state index contributed by atoms with van der Waals surface area (Å²) in [6.45, 7) is 0. The van der Waals surface area contributed by atoms with E-state index in [-0.39, 0.29) is 0 Å². The molecule has 0 aromatic heterocycles. The molecular formula is C6H10S. The fourth-order valence-corrected chi connectivity index (χ4v) is 1.46. The van der Waals surface area contributed by atoms with Gasteiger partial charge >= 0.3 is 0 Å². The van der Waals surface area contributed by atoms with E-state index in [0.29, 0.717) is 0 Å². The summed E-state index contributed by atoms with van der Waals surface area (Å²) in [5, 5.41) is 0. The van der Waals surface area contributed by atoms with Crippen LogP contribution < -0.4 is 0 Å². The molecule has 40 valence electrons. The highest BCUT2D eigenvalue weighted by Crippen LogP contribution is 2.25. The highest BCUT2D eigenvalue weighted by molar-refractivity contribution is 8.02. The van der Waals surface area contributed by atoms with Crippen LogP contribution in [0.3, 0.4) is 0 Å². The van der Waals surface area contributed by atoms with Crippen LogP contribution in [0.2, 0.25) is 0 Å². The van der Waals surface area contributed by atoms with E-state index in [1.54, 1.807) is 4.91 Å². The van der Waals surface area contributed by atoms with Crippen molar-refractivity contribution in [2.24, 2.45) is 0 Å². The molecule has 0 saturated carbocycles. The van der Waals surface area contributed by atoms with Crippen LogP contribution in [0.4, 0.5) is 0 Å². The highest BCUT2D eigenvalue weighted by Gasteiger charge is 1.99. The van der Waals surface area contributed by atoms with Gasteiger partial charge in [0.1, 0.15) is 0 Å². The first-order chi connectivity index (χ1) is 3.43. The fraction of sp³-hybridized carbons (Fsp3) is 0.667. The molecule has 0 atom stereocenters. The van der Waals surface area contributed by atoms with Crippen LogP contribution in [0.15, 0.2) is 11.0 Å². The number of rotatable bonds is 1. The van der Waals surface area contributed by atoms with Gasteiger partial charge in [-0.3, -0.25) is 0 Å². The molecule has 0 heterocycles. The van der Waals surface area contributed by atoms with E-state index in [2.05, 4.69) is 12.3 Å². The van der Waals surface area contributed by atoms with Gasteiger partial charge in [0.05, 0.1) is 0 Å². The molecular weight excluding hydrogens is 104 g/mol. The zero-order valence-corrected chi connectivity index (χ0v) is 5.42. The van der Waals surface area contributed by atoms with Crippen LogP contribution in [-0.2, 0) is 0 Å². The predicted molar refractivity (Wildman–Crippen MR) is 35.4 cm³/mol. The van der Waals surface area contributed by atoms with Crippen molar-refractivity contribution in [1.82, 2.24) is 0 Å². The zero-order valence-electron chi connectivity index (χ0n) is 4.61.